The summed E-state index contributed by atoms with van der Waals surface area (Å²) in [5.41, 5.74) is -4.02. The minimum absolute atomic E-state index is 0.130. The van der Waals surface area contributed by atoms with E-state index in [1.807, 2.05) is 71.6 Å². The molecule has 1 aromatic heterocycles. The molecule has 18 atom stereocenters. The average Bonchev–Trinajstić information content (AvgIpc) is 3.38. The molecule has 0 spiro atoms. The van der Waals surface area contributed by atoms with Crippen molar-refractivity contribution in [2.75, 3.05) is 61.7 Å². The number of carboxylic acids is 1. The fourth-order valence-electron chi connectivity index (χ4n) is 12.0. The summed E-state index contributed by atoms with van der Waals surface area (Å²) in [7, 11) is 8.72. The third-order valence-corrected chi connectivity index (χ3v) is 16.4. The minimum atomic E-state index is -1.87. The summed E-state index contributed by atoms with van der Waals surface area (Å²) in [6.45, 7) is 20.5. The summed E-state index contributed by atoms with van der Waals surface area (Å²) in [4.78, 5) is 56.3. The summed E-state index contributed by atoms with van der Waals surface area (Å²) in [6.07, 6.45) is -3.26. The van der Waals surface area contributed by atoms with E-state index in [9.17, 15) is 39.6 Å². The van der Waals surface area contributed by atoms with Gasteiger partial charge in [-0.05, 0) is 125 Å². The molecular formula is C58H93N3O18. The van der Waals surface area contributed by atoms with Gasteiger partial charge < -0.3 is 82.2 Å². The molecule has 1 aromatic carbocycles. The predicted octanol–water partition coefficient (Wildman–Crippen LogP) is 4.93. The Labute approximate surface area is 466 Å². The van der Waals surface area contributed by atoms with Gasteiger partial charge in [-0.15, -0.1) is 0 Å². The highest BCUT2D eigenvalue weighted by Gasteiger charge is 2.54. The van der Waals surface area contributed by atoms with Crippen LogP contribution in [0.2, 0.25) is 0 Å². The van der Waals surface area contributed by atoms with E-state index in [1.165, 1.54) is 26.3 Å². The Hall–Kier alpha value is -4.10. The zero-order valence-electron chi connectivity index (χ0n) is 49.5. The zero-order chi connectivity index (χ0) is 58.9. The monoisotopic (exact) mass is 1120 g/mol. The number of aliphatic hydroxyl groups excluding tert-OH is 1. The van der Waals surface area contributed by atoms with Crippen LogP contribution in [0.5, 0.6) is 0 Å². The summed E-state index contributed by atoms with van der Waals surface area (Å²) in [6, 6.07) is 4.45. The number of cyclic esters (lactones) is 1. The summed E-state index contributed by atoms with van der Waals surface area (Å²) >= 11 is 0. The van der Waals surface area contributed by atoms with Gasteiger partial charge in [-0.1, -0.05) is 26.8 Å². The molecule has 79 heavy (non-hydrogen) atoms. The van der Waals surface area contributed by atoms with Crippen LogP contribution < -0.4 is 5.43 Å². The van der Waals surface area contributed by atoms with Gasteiger partial charge in [-0.2, -0.15) is 0 Å². The van der Waals surface area contributed by atoms with Crippen molar-refractivity contribution < 1.29 is 82.2 Å². The van der Waals surface area contributed by atoms with Gasteiger partial charge in [0.05, 0.1) is 72.6 Å². The second-order valence-electron chi connectivity index (χ2n) is 23.3. The quantitative estimate of drug-likeness (QED) is 0.0827. The van der Waals surface area contributed by atoms with Crippen LogP contribution in [0.1, 0.15) is 118 Å². The van der Waals surface area contributed by atoms with E-state index in [1.54, 1.807) is 64.7 Å². The van der Waals surface area contributed by atoms with Crippen molar-refractivity contribution in [1.29, 1.82) is 0 Å². The van der Waals surface area contributed by atoms with Gasteiger partial charge in [0.2, 0.25) is 5.43 Å². The second-order valence-corrected chi connectivity index (χ2v) is 23.3. The van der Waals surface area contributed by atoms with Gasteiger partial charge in [0.25, 0.3) is 0 Å². The Bertz CT molecular complexity index is 2410. The fourth-order valence-corrected chi connectivity index (χ4v) is 12.0. The molecule has 0 unspecified atom stereocenters. The van der Waals surface area contributed by atoms with Gasteiger partial charge in [0, 0.05) is 64.2 Å². The Balaban J connectivity index is 1.40. The lowest BCUT2D eigenvalue weighted by Crippen LogP contribution is -2.61. The van der Waals surface area contributed by atoms with Gasteiger partial charge in [0.1, 0.15) is 36.1 Å². The number of aromatic nitrogens is 1. The van der Waals surface area contributed by atoms with Gasteiger partial charge >= 0.3 is 17.9 Å². The minimum Gasteiger partial charge on any atom is -0.499 e. The number of carbonyl (C=O) groups excluding carboxylic acids is 2. The number of benzene rings is 1. The van der Waals surface area contributed by atoms with Crippen LogP contribution >= 0.6 is 0 Å². The van der Waals surface area contributed by atoms with E-state index in [4.69, 9.17) is 47.4 Å². The first kappa shape index (κ1) is 65.7. The highest BCUT2D eigenvalue weighted by molar-refractivity contribution is 5.92. The summed E-state index contributed by atoms with van der Waals surface area (Å²) < 4.78 is 64.5. The maximum Gasteiger partial charge on any atom is 0.341 e. The number of esters is 2. The molecule has 448 valence electrons. The lowest BCUT2D eigenvalue weighted by Gasteiger charge is -2.49. The molecule has 0 aliphatic carbocycles. The molecule has 0 amide bonds. The maximum absolute atomic E-state index is 14.7. The lowest BCUT2D eigenvalue weighted by molar-refractivity contribution is -0.321. The molecule has 21 heteroatoms. The molecule has 2 aromatic rings. The smallest absolute Gasteiger partial charge is 0.341 e. The number of ether oxygens (including phenoxy) is 10. The number of aliphatic hydroxyl groups is 3. The molecule has 4 N–H and O–H groups in total. The number of rotatable bonds is 19. The van der Waals surface area contributed by atoms with E-state index in [-0.39, 0.29) is 56.1 Å². The molecule has 0 saturated carbocycles. The Kier molecular flexibility index (Phi) is 23.5. The van der Waals surface area contributed by atoms with E-state index in [0.29, 0.717) is 43.4 Å². The SMILES string of the molecule is CC[C@H]1OC(=O)[C@H](C)[C@@H](O[C@H]2C[C@@](C)(OC)[C@@H](OCCOC=CCc3ccc4c(c3)c(=O)c(C(=O)O)cn4CCOC)[C@H](C)O2)[C@H](C)[C@@H](O[C@@H]2O[C@H](C)C[C@H](N(C)C)[C@H]2OC(C)=O)[C@](C)(O)C[C@@H](C)CN(C)[C@H](C)[C@H](O)[C@]1(C)O. The summed E-state index contributed by atoms with van der Waals surface area (Å²) in [5.74, 6) is -4.70. The van der Waals surface area contributed by atoms with Crippen LogP contribution in [0.4, 0.5) is 0 Å². The van der Waals surface area contributed by atoms with Crippen LogP contribution in [0.15, 0.2) is 41.5 Å². The van der Waals surface area contributed by atoms with Crippen molar-refractivity contribution in [3.8, 4) is 0 Å². The number of methoxy groups -OCH3 is 2. The second kappa shape index (κ2) is 28.3. The van der Waals surface area contributed by atoms with E-state index in [2.05, 4.69) is 0 Å². The zero-order valence-corrected chi connectivity index (χ0v) is 49.5. The number of hydrogen-bond donors (Lipinski definition) is 4. The lowest BCUT2D eigenvalue weighted by atomic mass is 9.77. The van der Waals surface area contributed by atoms with Crippen molar-refractivity contribution >= 4 is 28.8 Å². The summed E-state index contributed by atoms with van der Waals surface area (Å²) in [5, 5.41) is 46.6. The molecule has 0 radical (unpaired) electrons. The van der Waals surface area contributed by atoms with E-state index in [0.717, 1.165) is 5.56 Å². The van der Waals surface area contributed by atoms with Crippen LogP contribution in [-0.4, -0.2) is 205 Å². The van der Waals surface area contributed by atoms with Gasteiger partial charge in [-0.25, -0.2) is 4.79 Å². The van der Waals surface area contributed by atoms with Crippen LogP contribution in [0.25, 0.3) is 10.9 Å². The molecular weight excluding hydrogens is 1030 g/mol. The topological polar surface area (TPSA) is 253 Å². The van der Waals surface area contributed by atoms with Crippen molar-refractivity contribution in [2.45, 2.75) is 205 Å². The number of aromatic carboxylic acids is 1. The molecule has 3 aliphatic rings. The molecule has 5 rings (SSSR count). The fraction of sp³-hybridized carbons (Fsp3) is 0.759. The Morgan fingerprint density at radius 2 is 1.63 bits per heavy atom. The highest BCUT2D eigenvalue weighted by Crippen LogP contribution is 2.41. The first-order valence-electron chi connectivity index (χ1n) is 27.8. The molecule has 3 fully saturated rings. The van der Waals surface area contributed by atoms with Crippen LogP contribution in [0.3, 0.4) is 0 Å². The Morgan fingerprint density at radius 3 is 2.25 bits per heavy atom. The van der Waals surface area contributed by atoms with E-state index < -0.39 is 113 Å². The van der Waals surface area contributed by atoms with Crippen molar-refractivity contribution in [2.24, 2.45) is 17.8 Å². The molecule has 0 bridgehead atoms. The standard InChI is InChI=1S/C58H93N3O18/c1-17-45-58(11,69)50(64)37(6)60(14)31-33(2)29-56(9,68)51(79-55-49(76-39(8)62)44(59(12)13)27-34(3)74-55)35(4)48(36(5)54(67)77-45)78-46-30-57(10,71-16)52(38(7)75-46)73-26-25-72-23-18-19-40-20-21-43-41(28-40)47(63)42(53(65)66)32-61(43)22-24-70-15/h18,20-21,23,28,32-38,44-46,48-52,55,64,68-69H,17,19,22,24-27,29-31H2,1-16H3,(H,65,66)/t33-,34-,35+,36-,37-,38+,44+,45-,46+,48+,49-,50+,51-,52+,55+,56-,57-,58-/m1/s1. The largest absolute Gasteiger partial charge is 0.499 e. The molecule has 4 heterocycles. The van der Waals surface area contributed by atoms with Crippen LogP contribution in [0, 0.1) is 17.8 Å². The number of pyridine rings is 1. The van der Waals surface area contributed by atoms with Crippen molar-refractivity contribution in [1.82, 2.24) is 14.4 Å². The first-order chi connectivity index (χ1) is 37.0. The number of likely N-dealkylation sites (N-methyl/N-ethyl adjacent to an activating group) is 2. The third kappa shape index (κ3) is 16.1. The van der Waals surface area contributed by atoms with E-state index >= 15 is 0 Å². The number of carboxylic acid groups (broad SMARTS) is 1. The normalized spacial score (nSPS) is 36.7. The number of fused-ring (bicyclic) bond motifs is 1. The van der Waals surface area contributed by atoms with Crippen LogP contribution in [-0.2, 0) is 69.9 Å². The first-order valence-corrected chi connectivity index (χ1v) is 27.8. The van der Waals surface area contributed by atoms with Gasteiger partial charge in [0.15, 0.2) is 18.7 Å². The molecule has 3 aliphatic heterocycles. The number of allylic oxidation sites excluding steroid dienone is 1. The number of nitrogens with zero attached hydrogens (tertiary/aromatic N) is 3. The predicted molar refractivity (Wildman–Crippen MR) is 293 cm³/mol. The average molecular weight is 1120 g/mol. The number of carbonyl (C=O) groups is 3. The van der Waals surface area contributed by atoms with Crippen molar-refractivity contribution in [3.63, 3.8) is 0 Å². The maximum atomic E-state index is 14.7. The third-order valence-electron chi connectivity index (χ3n) is 16.4. The van der Waals surface area contributed by atoms with Crippen molar-refractivity contribution in [3.05, 3.63) is 58.1 Å². The Morgan fingerprint density at radius 1 is 0.937 bits per heavy atom. The highest BCUT2D eigenvalue weighted by atomic mass is 16.7. The number of hydrogen-bond acceptors (Lipinski definition) is 19. The molecule has 21 nitrogen and oxygen atoms in total. The van der Waals surface area contributed by atoms with Gasteiger partial charge in [-0.3, -0.25) is 14.4 Å². The molecule has 3 saturated heterocycles.